The molecule has 0 radical (unpaired) electrons. The summed E-state index contributed by atoms with van der Waals surface area (Å²) in [5, 5.41) is 25.9. The van der Waals surface area contributed by atoms with Gasteiger partial charge in [0.25, 0.3) is 5.91 Å². The van der Waals surface area contributed by atoms with Crippen LogP contribution in [0.5, 0.6) is 5.75 Å². The van der Waals surface area contributed by atoms with E-state index in [1.54, 1.807) is 36.5 Å². The molecule has 0 unspecified atom stereocenters. The number of carbonyl (C=O) groups excluding carboxylic acids is 2. The van der Waals surface area contributed by atoms with Crippen LogP contribution in [0.2, 0.25) is 5.02 Å². The Morgan fingerprint density at radius 3 is 2.73 bits per heavy atom. The zero-order valence-electron chi connectivity index (χ0n) is 18.6. The van der Waals surface area contributed by atoms with Gasteiger partial charge >= 0.3 is 0 Å². The van der Waals surface area contributed by atoms with Crippen molar-refractivity contribution in [1.29, 1.82) is 0 Å². The minimum Gasteiger partial charge on any atom is -0.458 e. The van der Waals surface area contributed by atoms with Crippen LogP contribution in [0, 0.1) is 5.92 Å². The normalized spacial score (nSPS) is 15.5. The first-order valence-electron chi connectivity index (χ1n) is 10.8. The first-order valence-corrected chi connectivity index (χ1v) is 11.2. The topological polar surface area (TPSA) is 117 Å². The predicted molar refractivity (Wildman–Crippen MR) is 124 cm³/mol. The van der Waals surface area contributed by atoms with Gasteiger partial charge in [-0.2, -0.15) is 5.10 Å². The number of anilines is 1. The summed E-state index contributed by atoms with van der Waals surface area (Å²) in [6.07, 6.45) is 3.25. The van der Waals surface area contributed by atoms with Crippen LogP contribution in [-0.2, 0) is 16.1 Å². The van der Waals surface area contributed by atoms with E-state index in [4.69, 9.17) is 21.4 Å². The monoisotopic (exact) mass is 476 g/mol. The molecule has 10 heteroatoms. The Balaban J connectivity index is 1.69. The third kappa shape index (κ3) is 6.80. The van der Waals surface area contributed by atoms with Crippen LogP contribution in [0.15, 0.2) is 48.4 Å². The molecular formula is C23H29ClN4O5. The second-order valence-corrected chi connectivity index (χ2v) is 8.75. The van der Waals surface area contributed by atoms with Gasteiger partial charge in [0.1, 0.15) is 17.6 Å². The molecule has 3 N–H and O–H groups in total. The predicted octanol–water partition coefficient (Wildman–Crippen LogP) is 2.44. The molecule has 2 atom stereocenters. The number of aliphatic hydroxyl groups is 2. The van der Waals surface area contributed by atoms with Crippen molar-refractivity contribution in [2.24, 2.45) is 5.92 Å². The summed E-state index contributed by atoms with van der Waals surface area (Å²) < 4.78 is 7.23. The van der Waals surface area contributed by atoms with E-state index in [2.05, 4.69) is 24.3 Å². The second kappa shape index (κ2) is 11.3. The lowest BCUT2D eigenvalue weighted by molar-refractivity contribution is -0.133. The Bertz CT molecular complexity index is 1010. The van der Waals surface area contributed by atoms with Gasteiger partial charge in [0.2, 0.25) is 5.91 Å². The molecule has 2 amide bonds. The van der Waals surface area contributed by atoms with Crippen LogP contribution in [-0.4, -0.2) is 62.0 Å². The molecule has 178 valence electrons. The summed E-state index contributed by atoms with van der Waals surface area (Å²) in [6.45, 7) is 3.97. The molecule has 1 aromatic carbocycles. The van der Waals surface area contributed by atoms with Crippen LogP contribution in [0.25, 0.3) is 0 Å². The number of aliphatic hydroxyl groups excluding tert-OH is 2. The highest BCUT2D eigenvalue weighted by Gasteiger charge is 2.34. The van der Waals surface area contributed by atoms with Crippen molar-refractivity contribution in [2.75, 3.05) is 18.5 Å². The smallest absolute Gasteiger partial charge is 0.251 e. The van der Waals surface area contributed by atoms with Crippen LogP contribution in [0.1, 0.15) is 26.7 Å². The molecule has 0 bridgehead atoms. The molecule has 0 aliphatic carbocycles. The lowest BCUT2D eigenvalue weighted by Gasteiger charge is -2.27. The summed E-state index contributed by atoms with van der Waals surface area (Å²) in [6, 6.07) is 7.86. The molecule has 3 rings (SSSR count). The van der Waals surface area contributed by atoms with Gasteiger partial charge < -0.3 is 25.2 Å². The maximum atomic E-state index is 13.1. The Kier molecular flexibility index (Phi) is 8.49. The summed E-state index contributed by atoms with van der Waals surface area (Å²) in [7, 11) is 0. The standard InChI is InChI=1S/C23H29ClN4O5/c1-15(2)7-8-19(23(32)25-21-9-10-27(26-21)12-16(30)14-29)28-13-17(11-22(28)31)33-20-6-4-3-5-18(20)24/h3-6,9-11,15-16,19,29-30H,7-8,12-14H2,1-2H3,(H,25,26,32)/t16-,19-/m0/s1. The Morgan fingerprint density at radius 2 is 2.03 bits per heavy atom. The van der Waals surface area contributed by atoms with Crippen LogP contribution >= 0.6 is 11.6 Å². The lowest BCUT2D eigenvalue weighted by Crippen LogP contribution is -2.45. The molecule has 0 spiro atoms. The van der Waals surface area contributed by atoms with Gasteiger partial charge in [-0.15, -0.1) is 0 Å². The molecule has 9 nitrogen and oxygen atoms in total. The molecular weight excluding hydrogens is 448 g/mol. The highest BCUT2D eigenvalue weighted by Crippen LogP contribution is 2.28. The van der Waals surface area contributed by atoms with Crippen LogP contribution < -0.4 is 10.1 Å². The molecule has 2 aromatic rings. The third-order valence-electron chi connectivity index (χ3n) is 5.17. The Morgan fingerprint density at radius 1 is 1.27 bits per heavy atom. The number of ether oxygens (including phenoxy) is 1. The van der Waals surface area contributed by atoms with Crippen molar-refractivity contribution in [3.63, 3.8) is 0 Å². The number of hydrogen-bond acceptors (Lipinski definition) is 6. The van der Waals surface area contributed by atoms with Crippen molar-refractivity contribution in [2.45, 2.75) is 45.4 Å². The van der Waals surface area contributed by atoms with Crippen molar-refractivity contribution >= 4 is 29.2 Å². The summed E-state index contributed by atoms with van der Waals surface area (Å²) >= 11 is 6.15. The molecule has 1 aromatic heterocycles. The average molecular weight is 477 g/mol. The van der Waals surface area contributed by atoms with Crippen molar-refractivity contribution in [1.82, 2.24) is 14.7 Å². The molecule has 1 aliphatic heterocycles. The summed E-state index contributed by atoms with van der Waals surface area (Å²) in [4.78, 5) is 27.4. The molecule has 0 fully saturated rings. The van der Waals surface area contributed by atoms with E-state index in [9.17, 15) is 14.7 Å². The van der Waals surface area contributed by atoms with E-state index in [1.165, 1.54) is 15.7 Å². The number of rotatable bonds is 11. The van der Waals surface area contributed by atoms with E-state index in [0.29, 0.717) is 34.7 Å². The maximum absolute atomic E-state index is 13.1. The van der Waals surface area contributed by atoms with Gasteiger partial charge in [0.05, 0.1) is 30.8 Å². The van der Waals surface area contributed by atoms with E-state index in [1.807, 2.05) is 0 Å². The number of hydrogen-bond donors (Lipinski definition) is 3. The van der Waals surface area contributed by atoms with Gasteiger partial charge in [-0.05, 0) is 30.9 Å². The third-order valence-corrected chi connectivity index (χ3v) is 5.48. The van der Waals surface area contributed by atoms with Crippen LogP contribution in [0.3, 0.4) is 0 Å². The van der Waals surface area contributed by atoms with Gasteiger partial charge in [0.15, 0.2) is 5.82 Å². The number of para-hydroxylation sites is 1. The van der Waals surface area contributed by atoms with Crippen LogP contribution in [0.4, 0.5) is 5.82 Å². The van der Waals surface area contributed by atoms with Gasteiger partial charge in [0, 0.05) is 18.3 Å². The number of aromatic nitrogens is 2. The Hall–Kier alpha value is -2.88. The molecule has 0 saturated carbocycles. The minimum atomic E-state index is -0.947. The van der Waals surface area contributed by atoms with Crippen molar-refractivity contribution < 1.29 is 24.5 Å². The SMILES string of the molecule is CC(C)CC[C@@H](C(=O)Nc1ccn(C[C@H](O)CO)n1)N1CC(Oc2ccccc2Cl)=CC1=O. The first kappa shape index (κ1) is 24.8. The molecule has 33 heavy (non-hydrogen) atoms. The number of nitrogens with one attached hydrogen (secondary N) is 1. The van der Waals surface area contributed by atoms with Gasteiger partial charge in [-0.25, -0.2) is 0 Å². The number of carbonyl (C=O) groups is 2. The summed E-state index contributed by atoms with van der Waals surface area (Å²) in [5.41, 5.74) is 0. The van der Waals surface area contributed by atoms with Gasteiger partial charge in [-0.3, -0.25) is 14.3 Å². The van der Waals surface area contributed by atoms with Crippen molar-refractivity contribution in [3.05, 3.63) is 53.4 Å². The van der Waals surface area contributed by atoms with E-state index < -0.39 is 12.1 Å². The fourth-order valence-corrected chi connectivity index (χ4v) is 3.61. The molecule has 0 saturated heterocycles. The number of halogens is 1. The number of nitrogens with zero attached hydrogens (tertiary/aromatic N) is 3. The second-order valence-electron chi connectivity index (χ2n) is 8.34. The lowest BCUT2D eigenvalue weighted by atomic mass is 10.0. The zero-order valence-corrected chi connectivity index (χ0v) is 19.4. The first-order chi connectivity index (χ1) is 15.8. The van der Waals surface area contributed by atoms with Crippen molar-refractivity contribution in [3.8, 4) is 5.75 Å². The fourth-order valence-electron chi connectivity index (χ4n) is 3.44. The summed E-state index contributed by atoms with van der Waals surface area (Å²) in [5.74, 6) is 0.842. The molecule has 2 heterocycles. The highest BCUT2D eigenvalue weighted by atomic mass is 35.5. The highest BCUT2D eigenvalue weighted by molar-refractivity contribution is 6.32. The van der Waals surface area contributed by atoms with Gasteiger partial charge in [-0.1, -0.05) is 37.6 Å². The van der Waals surface area contributed by atoms with E-state index in [-0.39, 0.29) is 31.5 Å². The fraction of sp³-hybridized carbons (Fsp3) is 0.435. The number of amides is 2. The minimum absolute atomic E-state index is 0.0976. The van der Waals surface area contributed by atoms with E-state index in [0.717, 1.165) is 6.42 Å². The maximum Gasteiger partial charge on any atom is 0.251 e. The van der Waals surface area contributed by atoms with E-state index >= 15 is 0 Å². The Labute approximate surface area is 197 Å². The number of benzene rings is 1. The molecule has 1 aliphatic rings. The largest absolute Gasteiger partial charge is 0.458 e. The average Bonchev–Trinajstić information content (AvgIpc) is 3.35. The zero-order chi connectivity index (χ0) is 24.0. The quantitative estimate of drug-likeness (QED) is 0.458.